The van der Waals surface area contributed by atoms with Crippen molar-refractivity contribution in [3.05, 3.63) is 38.9 Å². The summed E-state index contributed by atoms with van der Waals surface area (Å²) in [6.45, 7) is 2.56. The van der Waals surface area contributed by atoms with Gasteiger partial charge in [-0.25, -0.2) is 13.8 Å². The first-order chi connectivity index (χ1) is 9.51. The molecule has 0 amide bonds. The third-order valence-corrected chi connectivity index (χ3v) is 3.53. The number of benzene rings is 1. The lowest BCUT2D eigenvalue weighted by atomic mass is 10.3. The van der Waals surface area contributed by atoms with E-state index in [4.69, 9.17) is 0 Å². The molecular formula is C12H10Br2F2N4. The highest BCUT2D eigenvalue weighted by atomic mass is 79.9. The van der Waals surface area contributed by atoms with E-state index < -0.39 is 11.6 Å². The third-order valence-electron chi connectivity index (χ3n) is 2.34. The quantitative estimate of drug-likeness (QED) is 0.735. The number of hydrogen-bond acceptors (Lipinski definition) is 4. The van der Waals surface area contributed by atoms with E-state index in [2.05, 4.69) is 52.5 Å². The van der Waals surface area contributed by atoms with Crippen molar-refractivity contribution >= 4 is 49.3 Å². The van der Waals surface area contributed by atoms with Crippen molar-refractivity contribution in [1.82, 2.24) is 9.97 Å². The summed E-state index contributed by atoms with van der Waals surface area (Å²) in [5.74, 6) is -0.410. The van der Waals surface area contributed by atoms with Crippen molar-refractivity contribution in [2.45, 2.75) is 6.92 Å². The molecule has 106 valence electrons. The maximum Gasteiger partial charge on any atom is 0.224 e. The molecule has 0 aliphatic rings. The van der Waals surface area contributed by atoms with Gasteiger partial charge in [-0.1, -0.05) is 0 Å². The van der Waals surface area contributed by atoms with Crippen molar-refractivity contribution in [3.63, 3.8) is 0 Å². The summed E-state index contributed by atoms with van der Waals surface area (Å²) in [7, 11) is 0. The lowest BCUT2D eigenvalue weighted by molar-refractivity contribution is 0.597. The Hall–Kier alpha value is -1.28. The van der Waals surface area contributed by atoms with Gasteiger partial charge in [0.1, 0.15) is 17.5 Å². The Morgan fingerprint density at radius 3 is 2.60 bits per heavy atom. The summed E-state index contributed by atoms with van der Waals surface area (Å²) in [6, 6.07) is 2.11. The van der Waals surface area contributed by atoms with Crippen LogP contribution >= 0.6 is 31.9 Å². The Morgan fingerprint density at radius 1 is 1.15 bits per heavy atom. The van der Waals surface area contributed by atoms with Crippen molar-refractivity contribution in [1.29, 1.82) is 0 Å². The lowest BCUT2D eigenvalue weighted by Crippen LogP contribution is -2.05. The molecule has 4 nitrogen and oxygen atoms in total. The van der Waals surface area contributed by atoms with Crippen LogP contribution in [0.15, 0.2) is 27.3 Å². The first kappa shape index (κ1) is 15.1. The van der Waals surface area contributed by atoms with Crippen LogP contribution in [0, 0.1) is 11.6 Å². The SMILES string of the molecule is CCNc1ncc(Br)c(Nc2cc(F)c(Br)cc2F)n1. The molecule has 0 radical (unpaired) electrons. The molecule has 2 N–H and O–H groups in total. The highest BCUT2D eigenvalue weighted by Crippen LogP contribution is 2.28. The van der Waals surface area contributed by atoms with E-state index >= 15 is 0 Å². The van der Waals surface area contributed by atoms with Gasteiger partial charge in [0.05, 0.1) is 14.6 Å². The van der Waals surface area contributed by atoms with E-state index in [1.165, 1.54) is 6.20 Å². The fourth-order valence-electron chi connectivity index (χ4n) is 1.44. The molecule has 2 aromatic rings. The second kappa shape index (κ2) is 6.45. The Kier molecular flexibility index (Phi) is 4.87. The van der Waals surface area contributed by atoms with Gasteiger partial charge in [0.25, 0.3) is 0 Å². The van der Waals surface area contributed by atoms with Crippen molar-refractivity contribution < 1.29 is 8.78 Å². The summed E-state index contributed by atoms with van der Waals surface area (Å²) in [5.41, 5.74) is -0.00690. The molecule has 0 aliphatic heterocycles. The predicted octanol–water partition coefficient (Wildman–Crippen LogP) is 4.46. The fraction of sp³-hybridized carbons (Fsp3) is 0.167. The van der Waals surface area contributed by atoms with E-state index in [1.54, 1.807) is 0 Å². The zero-order valence-corrected chi connectivity index (χ0v) is 13.5. The van der Waals surface area contributed by atoms with Gasteiger partial charge in [0.2, 0.25) is 5.95 Å². The number of rotatable bonds is 4. The lowest BCUT2D eigenvalue weighted by Gasteiger charge is -2.10. The topological polar surface area (TPSA) is 49.8 Å². The molecule has 1 heterocycles. The third kappa shape index (κ3) is 3.43. The molecule has 0 unspecified atom stereocenters. The minimum Gasteiger partial charge on any atom is -0.354 e. The Morgan fingerprint density at radius 2 is 1.90 bits per heavy atom. The first-order valence-corrected chi connectivity index (χ1v) is 7.27. The van der Waals surface area contributed by atoms with Crippen molar-refractivity contribution in [3.8, 4) is 0 Å². The van der Waals surface area contributed by atoms with Crippen LogP contribution in [-0.4, -0.2) is 16.5 Å². The van der Waals surface area contributed by atoms with Gasteiger partial charge in [0.15, 0.2) is 0 Å². The zero-order valence-electron chi connectivity index (χ0n) is 10.3. The number of nitrogens with one attached hydrogen (secondary N) is 2. The average molecular weight is 408 g/mol. The van der Waals surface area contributed by atoms with Crippen LogP contribution in [0.3, 0.4) is 0 Å². The van der Waals surface area contributed by atoms with Crippen LogP contribution in [0.4, 0.5) is 26.2 Å². The highest BCUT2D eigenvalue weighted by Gasteiger charge is 2.11. The van der Waals surface area contributed by atoms with Gasteiger partial charge in [-0.3, -0.25) is 0 Å². The smallest absolute Gasteiger partial charge is 0.224 e. The molecule has 0 aliphatic carbocycles. The molecule has 20 heavy (non-hydrogen) atoms. The summed E-state index contributed by atoms with van der Waals surface area (Å²) in [4.78, 5) is 8.21. The molecule has 0 bridgehead atoms. The van der Waals surface area contributed by atoms with E-state index in [1.807, 2.05) is 6.92 Å². The van der Waals surface area contributed by atoms with Crippen LogP contribution in [0.25, 0.3) is 0 Å². The minimum absolute atomic E-state index is 0.00690. The molecule has 0 saturated carbocycles. The highest BCUT2D eigenvalue weighted by molar-refractivity contribution is 9.10. The number of anilines is 3. The van der Waals surface area contributed by atoms with Crippen LogP contribution in [-0.2, 0) is 0 Å². The first-order valence-electron chi connectivity index (χ1n) is 5.69. The van der Waals surface area contributed by atoms with Gasteiger partial charge in [-0.2, -0.15) is 4.98 Å². The molecular weight excluding hydrogens is 398 g/mol. The Labute approximate surface area is 131 Å². The predicted molar refractivity (Wildman–Crippen MR) is 81.2 cm³/mol. The van der Waals surface area contributed by atoms with Gasteiger partial charge in [-0.05, 0) is 44.8 Å². The number of nitrogens with zero attached hydrogens (tertiary/aromatic N) is 2. The Balaban J connectivity index is 2.34. The van der Waals surface area contributed by atoms with Crippen molar-refractivity contribution in [2.75, 3.05) is 17.2 Å². The summed E-state index contributed by atoms with van der Waals surface area (Å²) >= 11 is 6.18. The molecule has 8 heteroatoms. The monoisotopic (exact) mass is 406 g/mol. The van der Waals surface area contributed by atoms with Crippen LogP contribution < -0.4 is 10.6 Å². The van der Waals surface area contributed by atoms with E-state index in [0.717, 1.165) is 12.1 Å². The summed E-state index contributed by atoms with van der Waals surface area (Å²) in [6.07, 6.45) is 1.53. The number of aromatic nitrogens is 2. The van der Waals surface area contributed by atoms with E-state index in [9.17, 15) is 8.78 Å². The summed E-state index contributed by atoms with van der Waals surface area (Å²) < 4.78 is 27.8. The zero-order chi connectivity index (χ0) is 14.7. The second-order valence-corrected chi connectivity index (χ2v) is 5.50. The minimum atomic E-state index is -0.589. The summed E-state index contributed by atoms with van der Waals surface area (Å²) in [5, 5.41) is 5.67. The maximum atomic E-state index is 13.8. The molecule has 0 fully saturated rings. The van der Waals surface area contributed by atoms with Crippen LogP contribution in [0.5, 0.6) is 0 Å². The van der Waals surface area contributed by atoms with Crippen molar-refractivity contribution in [2.24, 2.45) is 0 Å². The average Bonchev–Trinajstić information content (AvgIpc) is 2.40. The molecule has 1 aromatic carbocycles. The molecule has 0 atom stereocenters. The molecule has 2 rings (SSSR count). The van der Waals surface area contributed by atoms with Gasteiger partial charge in [-0.15, -0.1) is 0 Å². The number of halogens is 4. The second-order valence-electron chi connectivity index (χ2n) is 3.79. The largest absolute Gasteiger partial charge is 0.354 e. The Bertz CT molecular complexity index is 637. The van der Waals surface area contributed by atoms with E-state index in [0.29, 0.717) is 22.8 Å². The molecule has 0 saturated heterocycles. The van der Waals surface area contributed by atoms with Crippen LogP contribution in [0.2, 0.25) is 0 Å². The standard InChI is InChI=1S/C12H10Br2F2N4/c1-2-17-12-18-5-7(14)11(20-12)19-10-4-8(15)6(13)3-9(10)16/h3-5H,2H2,1H3,(H2,17,18,19,20). The molecule has 0 spiro atoms. The van der Waals surface area contributed by atoms with Crippen LogP contribution in [0.1, 0.15) is 6.92 Å². The van der Waals surface area contributed by atoms with Gasteiger partial charge >= 0.3 is 0 Å². The number of hydrogen-bond donors (Lipinski definition) is 2. The molecule has 1 aromatic heterocycles. The van der Waals surface area contributed by atoms with Gasteiger partial charge in [0, 0.05) is 18.8 Å². The normalized spacial score (nSPS) is 10.4. The van der Waals surface area contributed by atoms with Gasteiger partial charge < -0.3 is 10.6 Å². The maximum absolute atomic E-state index is 13.8. The van der Waals surface area contributed by atoms with E-state index in [-0.39, 0.29) is 10.2 Å². The fourth-order valence-corrected chi connectivity index (χ4v) is 2.05.